The van der Waals surface area contributed by atoms with Gasteiger partial charge in [0, 0.05) is 30.2 Å². The SMILES string of the molecule is CCCc1ncc2c(n1)-c1cc(C)ccc1-n1cnc(C(=O)OCC)c1C2. The van der Waals surface area contributed by atoms with E-state index >= 15 is 0 Å². The number of esters is 1. The van der Waals surface area contributed by atoms with Crippen LogP contribution in [0.5, 0.6) is 0 Å². The van der Waals surface area contributed by atoms with Crippen molar-refractivity contribution in [1.82, 2.24) is 19.5 Å². The molecule has 0 atom stereocenters. The first-order valence-electron chi connectivity index (χ1n) is 9.31. The first kappa shape index (κ1) is 17.4. The van der Waals surface area contributed by atoms with Gasteiger partial charge in [0.15, 0.2) is 5.69 Å². The Morgan fingerprint density at radius 1 is 1.26 bits per heavy atom. The molecule has 0 saturated carbocycles. The largest absolute Gasteiger partial charge is 0.461 e. The molecule has 4 rings (SSSR count). The molecule has 2 aromatic heterocycles. The number of aryl methyl sites for hydroxylation is 2. The summed E-state index contributed by atoms with van der Waals surface area (Å²) in [5, 5.41) is 0. The number of ether oxygens (including phenoxy) is 1. The number of carbonyl (C=O) groups excluding carboxylic acids is 1. The molecular formula is C21H22N4O2. The molecule has 0 N–H and O–H groups in total. The predicted molar refractivity (Wildman–Crippen MR) is 102 cm³/mol. The van der Waals surface area contributed by atoms with Gasteiger partial charge >= 0.3 is 5.97 Å². The minimum Gasteiger partial charge on any atom is -0.461 e. The number of imidazole rings is 1. The summed E-state index contributed by atoms with van der Waals surface area (Å²) < 4.78 is 7.17. The maximum absolute atomic E-state index is 12.4. The van der Waals surface area contributed by atoms with Gasteiger partial charge in [-0.2, -0.15) is 0 Å². The number of hydrogen-bond donors (Lipinski definition) is 0. The van der Waals surface area contributed by atoms with Gasteiger partial charge in [0.05, 0.1) is 23.7 Å². The minimum absolute atomic E-state index is 0.320. The van der Waals surface area contributed by atoms with Crippen LogP contribution >= 0.6 is 0 Å². The molecule has 0 radical (unpaired) electrons. The number of benzene rings is 1. The van der Waals surface area contributed by atoms with Crippen molar-refractivity contribution in [3.05, 3.63) is 59.1 Å². The smallest absolute Gasteiger partial charge is 0.358 e. The summed E-state index contributed by atoms with van der Waals surface area (Å²) in [6.45, 7) is 6.30. The van der Waals surface area contributed by atoms with Crippen LogP contribution in [-0.4, -0.2) is 32.1 Å². The van der Waals surface area contributed by atoms with Crippen LogP contribution in [0.1, 0.15) is 53.4 Å². The van der Waals surface area contributed by atoms with E-state index in [9.17, 15) is 4.79 Å². The van der Waals surface area contributed by atoms with E-state index in [0.717, 1.165) is 52.4 Å². The zero-order chi connectivity index (χ0) is 19.0. The Morgan fingerprint density at radius 2 is 2.11 bits per heavy atom. The Balaban J connectivity index is 1.95. The Labute approximate surface area is 158 Å². The summed E-state index contributed by atoms with van der Waals surface area (Å²) in [4.78, 5) is 26.1. The summed E-state index contributed by atoms with van der Waals surface area (Å²) in [6.07, 6.45) is 5.95. The summed E-state index contributed by atoms with van der Waals surface area (Å²) in [5.74, 6) is 0.450. The Bertz CT molecular complexity index is 1020. The van der Waals surface area contributed by atoms with Crippen LogP contribution in [0, 0.1) is 6.92 Å². The lowest BCUT2D eigenvalue weighted by molar-refractivity contribution is 0.0519. The third-order valence-corrected chi connectivity index (χ3v) is 4.75. The van der Waals surface area contributed by atoms with Crippen molar-refractivity contribution in [3.8, 4) is 16.9 Å². The zero-order valence-corrected chi connectivity index (χ0v) is 15.8. The van der Waals surface area contributed by atoms with Gasteiger partial charge in [-0.15, -0.1) is 0 Å². The molecule has 0 bridgehead atoms. The van der Waals surface area contributed by atoms with Gasteiger partial charge in [-0.1, -0.05) is 18.6 Å². The second-order valence-corrected chi connectivity index (χ2v) is 6.74. The Morgan fingerprint density at radius 3 is 2.89 bits per heavy atom. The molecule has 1 aromatic carbocycles. The van der Waals surface area contributed by atoms with Gasteiger partial charge in [0.2, 0.25) is 0 Å². The van der Waals surface area contributed by atoms with Crippen molar-refractivity contribution in [1.29, 1.82) is 0 Å². The lowest BCUT2D eigenvalue weighted by atomic mass is 10.0. The van der Waals surface area contributed by atoms with Gasteiger partial charge in [-0.25, -0.2) is 19.7 Å². The summed E-state index contributed by atoms with van der Waals surface area (Å²) in [5.41, 5.74) is 6.26. The second-order valence-electron chi connectivity index (χ2n) is 6.74. The first-order chi connectivity index (χ1) is 13.1. The summed E-state index contributed by atoms with van der Waals surface area (Å²) in [6, 6.07) is 6.25. The Hall–Kier alpha value is -3.02. The summed E-state index contributed by atoms with van der Waals surface area (Å²) >= 11 is 0. The van der Waals surface area contributed by atoms with E-state index in [1.54, 1.807) is 13.3 Å². The van der Waals surface area contributed by atoms with Crippen LogP contribution in [0.25, 0.3) is 16.9 Å². The monoisotopic (exact) mass is 362 g/mol. The number of nitrogens with zero attached hydrogens (tertiary/aromatic N) is 4. The van der Waals surface area contributed by atoms with Crippen LogP contribution in [0.15, 0.2) is 30.7 Å². The van der Waals surface area contributed by atoms with Gasteiger partial charge < -0.3 is 9.30 Å². The van der Waals surface area contributed by atoms with Crippen molar-refractivity contribution < 1.29 is 9.53 Å². The van der Waals surface area contributed by atoms with E-state index < -0.39 is 5.97 Å². The van der Waals surface area contributed by atoms with Crippen LogP contribution in [0.4, 0.5) is 0 Å². The Kier molecular flexibility index (Phi) is 4.48. The second kappa shape index (κ2) is 6.95. The standard InChI is InChI=1S/C21H22N4O2/c1-4-6-18-22-11-14-10-17-20(21(26)27-5-2)23-12-25(17)16-8-7-13(3)9-15(16)19(14)24-18/h7-9,11-12H,4-6,10H2,1-3H3. The van der Waals surface area contributed by atoms with Crippen LogP contribution in [0.2, 0.25) is 0 Å². The number of hydrogen-bond acceptors (Lipinski definition) is 5. The quantitative estimate of drug-likeness (QED) is 0.518. The number of rotatable bonds is 4. The average molecular weight is 362 g/mol. The predicted octanol–water partition coefficient (Wildman–Crippen LogP) is 3.67. The number of aromatic nitrogens is 4. The molecule has 0 spiro atoms. The maximum Gasteiger partial charge on any atom is 0.358 e. The van der Waals surface area contributed by atoms with Gasteiger partial charge in [0.25, 0.3) is 0 Å². The average Bonchev–Trinajstić information content (AvgIpc) is 3.01. The van der Waals surface area contributed by atoms with Crippen molar-refractivity contribution in [2.75, 3.05) is 6.61 Å². The maximum atomic E-state index is 12.4. The van der Waals surface area contributed by atoms with E-state index in [2.05, 4.69) is 42.0 Å². The molecule has 6 nitrogen and oxygen atoms in total. The fourth-order valence-electron chi connectivity index (χ4n) is 3.50. The van der Waals surface area contributed by atoms with Gasteiger partial charge in [0.1, 0.15) is 12.2 Å². The minimum atomic E-state index is -0.396. The van der Waals surface area contributed by atoms with Crippen molar-refractivity contribution >= 4 is 5.97 Å². The highest BCUT2D eigenvalue weighted by atomic mass is 16.5. The highest BCUT2D eigenvalue weighted by molar-refractivity contribution is 5.89. The van der Waals surface area contributed by atoms with E-state index in [0.29, 0.717) is 18.7 Å². The van der Waals surface area contributed by atoms with Crippen molar-refractivity contribution in [2.45, 2.75) is 40.0 Å². The molecule has 0 fully saturated rings. The molecule has 0 saturated heterocycles. The highest BCUT2D eigenvalue weighted by Crippen LogP contribution is 2.35. The van der Waals surface area contributed by atoms with E-state index in [1.807, 2.05) is 10.8 Å². The van der Waals surface area contributed by atoms with Crippen molar-refractivity contribution in [3.63, 3.8) is 0 Å². The fourth-order valence-corrected chi connectivity index (χ4v) is 3.50. The third kappa shape index (κ3) is 3.01. The molecule has 3 aromatic rings. The van der Waals surface area contributed by atoms with Crippen LogP contribution in [-0.2, 0) is 17.6 Å². The number of fused-ring (bicyclic) bond motifs is 5. The van der Waals surface area contributed by atoms with E-state index in [4.69, 9.17) is 9.72 Å². The van der Waals surface area contributed by atoms with E-state index in [-0.39, 0.29) is 0 Å². The normalized spacial score (nSPS) is 12.0. The topological polar surface area (TPSA) is 69.9 Å². The molecule has 3 heterocycles. The molecule has 138 valence electrons. The molecule has 6 heteroatoms. The lowest BCUT2D eigenvalue weighted by Crippen LogP contribution is -2.10. The fraction of sp³-hybridized carbons (Fsp3) is 0.333. The molecular weight excluding hydrogens is 340 g/mol. The lowest BCUT2D eigenvalue weighted by Gasteiger charge is -2.11. The molecule has 1 aliphatic heterocycles. The number of carbonyl (C=O) groups is 1. The summed E-state index contributed by atoms with van der Waals surface area (Å²) in [7, 11) is 0. The van der Waals surface area contributed by atoms with Crippen molar-refractivity contribution in [2.24, 2.45) is 0 Å². The first-order valence-corrected chi connectivity index (χ1v) is 9.31. The molecule has 1 aliphatic rings. The van der Waals surface area contributed by atoms with E-state index in [1.165, 1.54) is 0 Å². The zero-order valence-electron chi connectivity index (χ0n) is 15.8. The molecule has 0 aliphatic carbocycles. The molecule has 0 unspecified atom stereocenters. The highest BCUT2D eigenvalue weighted by Gasteiger charge is 2.27. The van der Waals surface area contributed by atoms with Gasteiger partial charge in [-0.3, -0.25) is 0 Å². The molecule has 0 amide bonds. The van der Waals surface area contributed by atoms with Crippen LogP contribution < -0.4 is 0 Å². The van der Waals surface area contributed by atoms with Crippen LogP contribution in [0.3, 0.4) is 0 Å². The molecule has 27 heavy (non-hydrogen) atoms. The third-order valence-electron chi connectivity index (χ3n) is 4.75. The van der Waals surface area contributed by atoms with Gasteiger partial charge in [-0.05, 0) is 32.4 Å².